The van der Waals surface area contributed by atoms with Crippen LogP contribution in [-0.2, 0) is 15.8 Å². The standard InChI is InChI=1S/C18H23F2N5O3S/c1-10(6-18(2,3)29(21)28)12-8-24-7-11(15(19)20)5-13(16(24)22-12)25-9-14(26)23(4)17(25)27/h5,7-8,10,15H,6,9,21H2,1-4H3/t10-,29?/m1/s1. The lowest BCUT2D eigenvalue weighted by Gasteiger charge is -2.24. The summed E-state index contributed by atoms with van der Waals surface area (Å²) < 4.78 is 39.4. The number of hydrogen-bond donors (Lipinski definition) is 1. The molecule has 2 aromatic rings. The minimum Gasteiger partial charge on any atom is -0.305 e. The van der Waals surface area contributed by atoms with E-state index in [2.05, 4.69) is 4.98 Å². The zero-order valence-electron chi connectivity index (χ0n) is 16.6. The number of hydrogen-bond acceptors (Lipinski definition) is 4. The van der Waals surface area contributed by atoms with Crippen molar-refractivity contribution in [3.05, 3.63) is 29.7 Å². The van der Waals surface area contributed by atoms with Crippen molar-refractivity contribution in [2.45, 2.75) is 44.3 Å². The van der Waals surface area contributed by atoms with E-state index in [0.29, 0.717) is 17.8 Å². The topological polar surface area (TPSA) is 101 Å². The van der Waals surface area contributed by atoms with Crippen molar-refractivity contribution in [1.82, 2.24) is 14.3 Å². The molecule has 1 fully saturated rings. The zero-order chi connectivity index (χ0) is 21.7. The fourth-order valence-corrected chi connectivity index (χ4v) is 3.80. The molecule has 0 bridgehead atoms. The van der Waals surface area contributed by atoms with Crippen LogP contribution in [0.15, 0.2) is 18.5 Å². The average Bonchev–Trinajstić information content (AvgIpc) is 3.17. The molecule has 1 aliphatic rings. The predicted molar refractivity (Wildman–Crippen MR) is 105 cm³/mol. The highest BCUT2D eigenvalue weighted by Crippen LogP contribution is 2.33. The number of urea groups is 1. The molecule has 1 aliphatic heterocycles. The van der Waals surface area contributed by atoms with Crippen LogP contribution in [0.5, 0.6) is 0 Å². The Morgan fingerprint density at radius 2 is 1.97 bits per heavy atom. The van der Waals surface area contributed by atoms with Crippen molar-refractivity contribution in [3.63, 3.8) is 0 Å². The largest absolute Gasteiger partial charge is 0.331 e. The molecule has 3 amide bonds. The van der Waals surface area contributed by atoms with E-state index >= 15 is 0 Å². The Labute approximate surface area is 169 Å². The van der Waals surface area contributed by atoms with Gasteiger partial charge in [-0.2, -0.15) is 0 Å². The highest BCUT2D eigenvalue weighted by atomic mass is 32.2. The number of halogens is 2. The van der Waals surface area contributed by atoms with Crippen molar-refractivity contribution < 1.29 is 22.6 Å². The molecule has 11 heteroatoms. The van der Waals surface area contributed by atoms with Crippen molar-refractivity contribution in [1.29, 1.82) is 0 Å². The second-order valence-corrected chi connectivity index (χ2v) is 9.54. The first-order valence-corrected chi connectivity index (χ1v) is 10.2. The van der Waals surface area contributed by atoms with Gasteiger partial charge in [-0.1, -0.05) is 6.92 Å². The Hall–Kier alpha value is -2.40. The summed E-state index contributed by atoms with van der Waals surface area (Å²) in [6, 6.07) is 0.588. The molecule has 2 N–H and O–H groups in total. The zero-order valence-corrected chi connectivity index (χ0v) is 17.4. The van der Waals surface area contributed by atoms with Gasteiger partial charge >= 0.3 is 6.03 Å². The molecule has 0 radical (unpaired) electrons. The van der Waals surface area contributed by atoms with Gasteiger partial charge in [0.1, 0.15) is 6.54 Å². The molecule has 0 aliphatic carbocycles. The summed E-state index contributed by atoms with van der Waals surface area (Å²) in [7, 11) is -0.206. The molecule has 1 saturated heterocycles. The van der Waals surface area contributed by atoms with Gasteiger partial charge in [0.05, 0.1) is 27.1 Å². The molecule has 158 valence electrons. The van der Waals surface area contributed by atoms with E-state index in [1.54, 1.807) is 20.0 Å². The summed E-state index contributed by atoms with van der Waals surface area (Å²) in [6.45, 7) is 5.19. The number of aromatic nitrogens is 2. The molecule has 2 aromatic heterocycles. The lowest BCUT2D eigenvalue weighted by atomic mass is 9.96. The monoisotopic (exact) mass is 427 g/mol. The predicted octanol–water partition coefficient (Wildman–Crippen LogP) is 2.56. The van der Waals surface area contributed by atoms with Gasteiger partial charge in [0.2, 0.25) is 5.91 Å². The van der Waals surface area contributed by atoms with Gasteiger partial charge in [0, 0.05) is 30.9 Å². The minimum absolute atomic E-state index is 0.144. The van der Waals surface area contributed by atoms with Crippen LogP contribution in [0.2, 0.25) is 0 Å². The van der Waals surface area contributed by atoms with E-state index in [4.69, 9.17) is 5.14 Å². The van der Waals surface area contributed by atoms with Gasteiger partial charge in [-0.3, -0.25) is 19.7 Å². The molecule has 8 nitrogen and oxygen atoms in total. The average molecular weight is 427 g/mol. The molecule has 2 atom stereocenters. The van der Waals surface area contributed by atoms with Crippen LogP contribution in [-0.4, -0.2) is 48.8 Å². The molecule has 0 aromatic carbocycles. The summed E-state index contributed by atoms with van der Waals surface area (Å²) in [6.07, 6.45) is 0.564. The van der Waals surface area contributed by atoms with Crippen LogP contribution in [0, 0.1) is 0 Å². The SMILES string of the molecule is C[C@H](CC(C)(C)S(N)=O)c1cn2cc(C(F)F)cc(N3CC(=O)N(C)C3=O)c2n1. The van der Waals surface area contributed by atoms with Crippen molar-refractivity contribution >= 4 is 34.3 Å². The number of imide groups is 1. The normalized spacial score (nSPS) is 17.7. The van der Waals surface area contributed by atoms with Crippen molar-refractivity contribution in [3.8, 4) is 0 Å². The van der Waals surface area contributed by atoms with Gasteiger partial charge in [-0.05, 0) is 26.3 Å². The Bertz CT molecular complexity index is 1010. The van der Waals surface area contributed by atoms with Gasteiger partial charge < -0.3 is 4.40 Å². The summed E-state index contributed by atoms with van der Waals surface area (Å²) >= 11 is 0. The highest BCUT2D eigenvalue weighted by molar-refractivity contribution is 7.84. The number of rotatable bonds is 6. The maximum absolute atomic E-state index is 13.4. The molecule has 0 spiro atoms. The third kappa shape index (κ3) is 3.88. The number of imidazole rings is 1. The van der Waals surface area contributed by atoms with Gasteiger partial charge in [0.15, 0.2) is 5.65 Å². The number of carbonyl (C=O) groups is 2. The second kappa shape index (κ2) is 7.45. The Kier molecular flexibility index (Phi) is 5.48. The fraction of sp³-hybridized carbons (Fsp3) is 0.500. The number of fused-ring (bicyclic) bond motifs is 1. The Morgan fingerprint density at radius 1 is 1.31 bits per heavy atom. The van der Waals surface area contributed by atoms with Crippen LogP contribution >= 0.6 is 0 Å². The van der Waals surface area contributed by atoms with Crippen LogP contribution < -0.4 is 10.0 Å². The number of carbonyl (C=O) groups excluding carboxylic acids is 2. The van der Waals surface area contributed by atoms with Crippen LogP contribution in [0.25, 0.3) is 5.65 Å². The lowest BCUT2D eigenvalue weighted by molar-refractivity contribution is -0.123. The number of nitrogens with zero attached hydrogens (tertiary/aromatic N) is 4. The van der Waals surface area contributed by atoms with Crippen molar-refractivity contribution in [2.24, 2.45) is 5.14 Å². The second-order valence-electron chi connectivity index (χ2n) is 7.84. The Morgan fingerprint density at radius 3 is 2.48 bits per heavy atom. The minimum atomic E-state index is -2.76. The third-order valence-electron chi connectivity index (χ3n) is 5.15. The highest BCUT2D eigenvalue weighted by Gasteiger charge is 2.36. The first-order chi connectivity index (χ1) is 13.4. The number of likely N-dealkylation sites (N-methyl/N-ethyl adjacent to an activating group) is 1. The van der Waals surface area contributed by atoms with E-state index in [0.717, 1.165) is 9.80 Å². The lowest BCUT2D eigenvalue weighted by Crippen LogP contribution is -2.33. The summed E-state index contributed by atoms with van der Waals surface area (Å²) in [4.78, 5) is 30.9. The summed E-state index contributed by atoms with van der Waals surface area (Å²) in [5, 5.41) is 5.56. The molecule has 3 heterocycles. The van der Waals surface area contributed by atoms with E-state index in [1.807, 2.05) is 6.92 Å². The number of amides is 3. The first kappa shape index (κ1) is 21.3. The maximum atomic E-state index is 13.4. The van der Waals surface area contributed by atoms with Crippen LogP contribution in [0.4, 0.5) is 19.3 Å². The van der Waals surface area contributed by atoms with Crippen LogP contribution in [0.1, 0.15) is 50.8 Å². The van der Waals surface area contributed by atoms with Gasteiger partial charge in [-0.25, -0.2) is 22.8 Å². The smallest absolute Gasteiger partial charge is 0.305 e. The summed E-state index contributed by atoms with van der Waals surface area (Å²) in [5.41, 5.74) is 0.731. The maximum Gasteiger partial charge on any atom is 0.331 e. The molecule has 0 saturated carbocycles. The van der Waals surface area contributed by atoms with E-state index < -0.39 is 34.1 Å². The fourth-order valence-electron chi connectivity index (χ4n) is 3.39. The third-order valence-corrected chi connectivity index (χ3v) is 6.40. The number of alkyl halides is 2. The molecule has 29 heavy (non-hydrogen) atoms. The van der Waals surface area contributed by atoms with Crippen molar-refractivity contribution in [2.75, 3.05) is 18.5 Å². The Balaban J connectivity index is 2.08. The molecule has 3 rings (SSSR count). The van der Waals surface area contributed by atoms with Gasteiger partial charge in [0.25, 0.3) is 6.43 Å². The molecular weight excluding hydrogens is 404 g/mol. The van der Waals surface area contributed by atoms with E-state index in [9.17, 15) is 22.6 Å². The van der Waals surface area contributed by atoms with E-state index in [-0.39, 0.29) is 23.7 Å². The number of nitrogens with two attached hydrogens (primary N) is 1. The molecule has 1 unspecified atom stereocenters. The molecular formula is C18H23F2N5O3S. The quantitative estimate of drug-likeness (QED) is 0.716. The number of pyridine rings is 1. The van der Waals surface area contributed by atoms with Gasteiger partial charge in [-0.15, -0.1) is 0 Å². The number of anilines is 1. The summed E-state index contributed by atoms with van der Waals surface area (Å²) in [5.74, 6) is -0.596. The van der Waals surface area contributed by atoms with Crippen LogP contribution in [0.3, 0.4) is 0 Å². The van der Waals surface area contributed by atoms with E-state index in [1.165, 1.54) is 23.7 Å². The first-order valence-electron chi connectivity index (χ1n) is 8.97.